The average Bonchev–Trinajstić information content (AvgIpc) is 2.36. The van der Waals surface area contributed by atoms with Crippen LogP contribution in [0, 0.1) is 13.8 Å². The maximum atomic E-state index is 10.6. The van der Waals surface area contributed by atoms with Crippen molar-refractivity contribution in [1.82, 2.24) is 9.97 Å². The molecular formula is C14H14N2O2S. The van der Waals surface area contributed by atoms with E-state index >= 15 is 0 Å². The summed E-state index contributed by atoms with van der Waals surface area (Å²) in [5.74, 6) is -0.209. The first-order valence-electron chi connectivity index (χ1n) is 5.82. The van der Waals surface area contributed by atoms with Crippen molar-refractivity contribution in [3.63, 3.8) is 0 Å². The molecule has 0 unspecified atom stereocenters. The molecule has 1 N–H and O–H groups in total. The standard InChI is InChI=1S/C14H14N2O2S/c1-9-4-3-5-11(6-9)14-15-10(2)7-12(16-14)19-8-13(17)18/h3-7H,8H2,1-2H3,(H,17,18). The Bertz CT molecular complexity index is 614. The number of aromatic nitrogens is 2. The summed E-state index contributed by atoms with van der Waals surface area (Å²) in [7, 11) is 0. The van der Waals surface area contributed by atoms with Gasteiger partial charge in [-0.15, -0.1) is 0 Å². The van der Waals surface area contributed by atoms with Crippen LogP contribution in [0.4, 0.5) is 0 Å². The molecule has 0 saturated carbocycles. The van der Waals surface area contributed by atoms with Crippen LogP contribution in [0.3, 0.4) is 0 Å². The number of hydrogen-bond acceptors (Lipinski definition) is 4. The Kier molecular flexibility index (Phi) is 4.16. The zero-order valence-corrected chi connectivity index (χ0v) is 11.6. The van der Waals surface area contributed by atoms with Crippen LogP contribution in [0.1, 0.15) is 11.3 Å². The maximum Gasteiger partial charge on any atom is 0.313 e. The zero-order valence-electron chi connectivity index (χ0n) is 10.8. The van der Waals surface area contributed by atoms with Crippen molar-refractivity contribution in [1.29, 1.82) is 0 Å². The van der Waals surface area contributed by atoms with Gasteiger partial charge in [0.1, 0.15) is 5.03 Å². The molecule has 0 saturated heterocycles. The van der Waals surface area contributed by atoms with E-state index in [1.807, 2.05) is 38.1 Å². The number of benzene rings is 1. The summed E-state index contributed by atoms with van der Waals surface area (Å²) in [6, 6.07) is 9.74. The number of aliphatic carboxylic acids is 1. The van der Waals surface area contributed by atoms with Gasteiger partial charge < -0.3 is 5.11 Å². The van der Waals surface area contributed by atoms with Crippen LogP contribution in [-0.4, -0.2) is 26.8 Å². The summed E-state index contributed by atoms with van der Waals surface area (Å²) in [6.07, 6.45) is 0. The van der Waals surface area contributed by atoms with Crippen molar-refractivity contribution in [3.8, 4) is 11.4 Å². The highest BCUT2D eigenvalue weighted by Gasteiger charge is 2.07. The predicted molar refractivity (Wildman–Crippen MR) is 75.3 cm³/mol. The first-order valence-corrected chi connectivity index (χ1v) is 6.80. The molecule has 0 radical (unpaired) electrons. The first-order chi connectivity index (χ1) is 9.04. The molecule has 4 nitrogen and oxygen atoms in total. The van der Waals surface area contributed by atoms with Crippen LogP contribution >= 0.6 is 11.8 Å². The van der Waals surface area contributed by atoms with E-state index in [1.54, 1.807) is 6.07 Å². The fourth-order valence-corrected chi connectivity index (χ4v) is 2.34. The van der Waals surface area contributed by atoms with Gasteiger partial charge in [0.15, 0.2) is 5.82 Å². The lowest BCUT2D eigenvalue weighted by atomic mass is 10.1. The number of thioether (sulfide) groups is 1. The second kappa shape index (κ2) is 5.84. The average molecular weight is 274 g/mol. The van der Waals surface area contributed by atoms with E-state index in [9.17, 15) is 4.79 Å². The van der Waals surface area contributed by atoms with E-state index in [0.717, 1.165) is 16.8 Å². The predicted octanol–water partition coefficient (Wildman–Crippen LogP) is 2.94. The number of hydrogen-bond donors (Lipinski definition) is 1. The Morgan fingerprint density at radius 2 is 2.05 bits per heavy atom. The molecule has 0 bridgehead atoms. The minimum Gasteiger partial charge on any atom is -0.481 e. The molecule has 2 rings (SSSR count). The van der Waals surface area contributed by atoms with Crippen LogP contribution < -0.4 is 0 Å². The van der Waals surface area contributed by atoms with Crippen LogP contribution in [0.5, 0.6) is 0 Å². The van der Waals surface area contributed by atoms with Crippen molar-refractivity contribution >= 4 is 17.7 Å². The molecule has 19 heavy (non-hydrogen) atoms. The van der Waals surface area contributed by atoms with Gasteiger partial charge in [0, 0.05) is 11.3 Å². The Morgan fingerprint density at radius 1 is 1.26 bits per heavy atom. The highest BCUT2D eigenvalue weighted by Crippen LogP contribution is 2.22. The van der Waals surface area contributed by atoms with Gasteiger partial charge in [0.25, 0.3) is 0 Å². The van der Waals surface area contributed by atoms with E-state index in [2.05, 4.69) is 9.97 Å². The van der Waals surface area contributed by atoms with Crippen LogP contribution in [0.15, 0.2) is 35.4 Å². The third kappa shape index (κ3) is 3.79. The second-order valence-corrected chi connectivity index (χ2v) is 5.22. The molecule has 1 aromatic heterocycles. The molecule has 5 heteroatoms. The number of aryl methyl sites for hydroxylation is 2. The summed E-state index contributed by atoms with van der Waals surface area (Å²) in [5.41, 5.74) is 2.92. The number of carboxylic acid groups (broad SMARTS) is 1. The highest BCUT2D eigenvalue weighted by atomic mass is 32.2. The van der Waals surface area contributed by atoms with Crippen molar-refractivity contribution in [2.75, 3.05) is 5.75 Å². The lowest BCUT2D eigenvalue weighted by Crippen LogP contribution is -2.00. The summed E-state index contributed by atoms with van der Waals surface area (Å²) < 4.78 is 0. The summed E-state index contributed by atoms with van der Waals surface area (Å²) in [5, 5.41) is 9.39. The van der Waals surface area contributed by atoms with Crippen molar-refractivity contribution in [3.05, 3.63) is 41.6 Å². The Balaban J connectivity index is 2.33. The van der Waals surface area contributed by atoms with Gasteiger partial charge in [-0.2, -0.15) is 0 Å². The molecule has 1 heterocycles. The van der Waals surface area contributed by atoms with E-state index in [4.69, 9.17) is 5.11 Å². The molecule has 0 amide bonds. The SMILES string of the molecule is Cc1cccc(-c2nc(C)cc(SCC(=O)O)n2)c1. The minimum absolute atomic E-state index is 0.00368. The molecule has 2 aromatic rings. The van der Waals surface area contributed by atoms with Crippen LogP contribution in [0.2, 0.25) is 0 Å². The lowest BCUT2D eigenvalue weighted by Gasteiger charge is -2.05. The fourth-order valence-electron chi connectivity index (χ4n) is 1.66. The molecule has 0 spiro atoms. The molecule has 1 aromatic carbocycles. The van der Waals surface area contributed by atoms with Gasteiger partial charge in [-0.1, -0.05) is 35.5 Å². The smallest absolute Gasteiger partial charge is 0.313 e. The third-order valence-electron chi connectivity index (χ3n) is 2.45. The molecule has 0 aliphatic heterocycles. The van der Waals surface area contributed by atoms with E-state index in [-0.39, 0.29) is 5.75 Å². The van der Waals surface area contributed by atoms with Gasteiger partial charge in [0.05, 0.1) is 5.75 Å². The first kappa shape index (κ1) is 13.5. The van der Waals surface area contributed by atoms with E-state index in [0.29, 0.717) is 10.9 Å². The Morgan fingerprint density at radius 3 is 2.74 bits per heavy atom. The molecule has 0 atom stereocenters. The maximum absolute atomic E-state index is 10.6. The summed E-state index contributed by atoms with van der Waals surface area (Å²) in [4.78, 5) is 19.4. The van der Waals surface area contributed by atoms with Crippen LogP contribution in [-0.2, 0) is 4.79 Å². The van der Waals surface area contributed by atoms with Crippen LogP contribution in [0.25, 0.3) is 11.4 Å². The topological polar surface area (TPSA) is 63.1 Å². The van der Waals surface area contributed by atoms with Gasteiger partial charge in [-0.3, -0.25) is 4.79 Å². The zero-order chi connectivity index (χ0) is 13.8. The van der Waals surface area contributed by atoms with Crippen molar-refractivity contribution < 1.29 is 9.90 Å². The Labute approximate surface area is 115 Å². The number of nitrogens with zero attached hydrogens (tertiary/aromatic N) is 2. The van der Waals surface area contributed by atoms with Gasteiger partial charge in [-0.25, -0.2) is 9.97 Å². The second-order valence-electron chi connectivity index (χ2n) is 4.22. The quantitative estimate of drug-likeness (QED) is 0.686. The van der Waals surface area contributed by atoms with Gasteiger partial charge >= 0.3 is 5.97 Å². The molecule has 98 valence electrons. The number of carboxylic acids is 1. The normalized spacial score (nSPS) is 10.4. The number of rotatable bonds is 4. The van der Waals surface area contributed by atoms with Gasteiger partial charge in [-0.05, 0) is 26.0 Å². The molecule has 0 aliphatic carbocycles. The van der Waals surface area contributed by atoms with E-state index < -0.39 is 5.97 Å². The van der Waals surface area contributed by atoms with Gasteiger partial charge in [0.2, 0.25) is 0 Å². The summed E-state index contributed by atoms with van der Waals surface area (Å²) in [6.45, 7) is 3.89. The number of carbonyl (C=O) groups is 1. The molecule has 0 fully saturated rings. The Hall–Kier alpha value is -1.88. The summed E-state index contributed by atoms with van der Waals surface area (Å²) >= 11 is 1.21. The largest absolute Gasteiger partial charge is 0.481 e. The molecular weight excluding hydrogens is 260 g/mol. The minimum atomic E-state index is -0.849. The van der Waals surface area contributed by atoms with Crippen molar-refractivity contribution in [2.24, 2.45) is 0 Å². The molecule has 0 aliphatic rings. The fraction of sp³-hybridized carbons (Fsp3) is 0.214. The van der Waals surface area contributed by atoms with E-state index in [1.165, 1.54) is 11.8 Å². The third-order valence-corrected chi connectivity index (χ3v) is 3.35. The van der Waals surface area contributed by atoms with Crippen molar-refractivity contribution in [2.45, 2.75) is 18.9 Å². The lowest BCUT2D eigenvalue weighted by molar-refractivity contribution is -0.133. The highest BCUT2D eigenvalue weighted by molar-refractivity contribution is 7.99. The monoisotopic (exact) mass is 274 g/mol.